The molecule has 1 nitrogen and oxygen atoms in total. The Bertz CT molecular complexity index is 74.8. The van der Waals surface area contributed by atoms with Crippen molar-refractivity contribution >= 4 is 17.2 Å². The van der Waals surface area contributed by atoms with E-state index in [1.54, 1.807) is 0 Å². The molecule has 3 heteroatoms. The van der Waals surface area contributed by atoms with E-state index < -0.39 is 0 Å². The maximum Gasteiger partial charge on any atom is 0.0894 e. The number of alkyl halides is 1. The maximum atomic E-state index is 11.4. The van der Waals surface area contributed by atoms with Crippen molar-refractivity contribution in [3.8, 4) is 0 Å². The summed E-state index contributed by atoms with van der Waals surface area (Å²) in [6, 6.07) is 0. The Morgan fingerprint density at radius 1 is 1.50 bits per heavy atom. The number of rotatable bonds is 4. The van der Waals surface area contributed by atoms with Gasteiger partial charge in [0.05, 0.1) is 11.7 Å². The first-order chi connectivity index (χ1) is 3.77. The van der Waals surface area contributed by atoms with Crippen LogP contribution in [0.3, 0.4) is 0 Å². The van der Waals surface area contributed by atoms with Crippen molar-refractivity contribution in [1.29, 1.82) is 0 Å². The molecule has 0 heterocycles. The first-order valence-corrected chi connectivity index (χ1v) is 3.02. The van der Waals surface area contributed by atoms with Crippen LogP contribution in [-0.4, -0.2) is 11.7 Å². The largest absolute Gasteiger partial charge is 0.393 e. The van der Waals surface area contributed by atoms with Crippen LogP contribution in [0, 0.1) is 0 Å². The zero-order valence-corrected chi connectivity index (χ0v) is 5.51. The molecule has 0 aliphatic rings. The lowest BCUT2D eigenvalue weighted by molar-refractivity contribution is 0.465. The minimum absolute atomic E-state index is 0.261. The Kier molecular flexibility index (Phi) is 4.85. The molecular formula is C5H10FNS. The summed E-state index contributed by atoms with van der Waals surface area (Å²) >= 11 is 4.56. The van der Waals surface area contributed by atoms with Gasteiger partial charge < -0.3 is 5.73 Å². The van der Waals surface area contributed by atoms with Gasteiger partial charge in [0.2, 0.25) is 0 Å². The van der Waals surface area contributed by atoms with Gasteiger partial charge in [0.1, 0.15) is 0 Å². The second-order valence-electron chi connectivity index (χ2n) is 1.61. The highest BCUT2D eigenvalue weighted by Gasteiger charge is 1.88. The molecule has 0 aliphatic heterocycles. The van der Waals surface area contributed by atoms with E-state index in [0.717, 1.165) is 6.42 Å². The van der Waals surface area contributed by atoms with Gasteiger partial charge in [-0.1, -0.05) is 12.2 Å². The summed E-state index contributed by atoms with van der Waals surface area (Å²) in [4.78, 5) is 0.485. The molecule has 48 valence electrons. The highest BCUT2D eigenvalue weighted by Crippen LogP contribution is 1.94. The molecule has 0 aromatic heterocycles. The quantitative estimate of drug-likeness (QED) is 0.466. The van der Waals surface area contributed by atoms with Crippen LogP contribution in [0.2, 0.25) is 0 Å². The van der Waals surface area contributed by atoms with Gasteiger partial charge >= 0.3 is 0 Å². The van der Waals surface area contributed by atoms with Gasteiger partial charge in [0.15, 0.2) is 0 Å². The van der Waals surface area contributed by atoms with E-state index in [-0.39, 0.29) is 6.67 Å². The summed E-state index contributed by atoms with van der Waals surface area (Å²) in [5, 5.41) is 0. The molecule has 0 amide bonds. The van der Waals surface area contributed by atoms with Crippen molar-refractivity contribution in [2.45, 2.75) is 19.3 Å². The third-order valence-electron chi connectivity index (χ3n) is 0.807. The number of hydrogen-bond acceptors (Lipinski definition) is 1. The summed E-state index contributed by atoms with van der Waals surface area (Å²) in [6.45, 7) is -0.261. The van der Waals surface area contributed by atoms with Crippen LogP contribution in [0.1, 0.15) is 19.3 Å². The van der Waals surface area contributed by atoms with E-state index in [4.69, 9.17) is 5.73 Å². The van der Waals surface area contributed by atoms with Gasteiger partial charge in [-0.05, 0) is 19.3 Å². The van der Waals surface area contributed by atoms with Crippen LogP contribution in [0.25, 0.3) is 0 Å². The summed E-state index contributed by atoms with van der Waals surface area (Å²) in [7, 11) is 0. The lowest BCUT2D eigenvalue weighted by Crippen LogP contribution is -2.06. The number of halogens is 1. The number of thiocarbonyl (C=S) groups is 1. The topological polar surface area (TPSA) is 26.0 Å². The molecule has 0 unspecified atom stereocenters. The van der Waals surface area contributed by atoms with Gasteiger partial charge in [0.25, 0.3) is 0 Å². The minimum Gasteiger partial charge on any atom is -0.393 e. The fraction of sp³-hybridized carbons (Fsp3) is 0.800. The van der Waals surface area contributed by atoms with E-state index in [2.05, 4.69) is 12.2 Å². The molecule has 0 aromatic rings. The molecule has 0 fully saturated rings. The first kappa shape index (κ1) is 7.82. The van der Waals surface area contributed by atoms with Crippen molar-refractivity contribution in [1.82, 2.24) is 0 Å². The van der Waals surface area contributed by atoms with Crippen molar-refractivity contribution in [3.05, 3.63) is 0 Å². The third kappa shape index (κ3) is 5.82. The Hall–Kier alpha value is -0.180. The molecule has 0 saturated carbocycles. The number of unbranched alkanes of at least 4 members (excludes halogenated alkanes) is 1. The highest BCUT2D eigenvalue weighted by molar-refractivity contribution is 7.80. The van der Waals surface area contributed by atoms with Crippen LogP contribution in [-0.2, 0) is 0 Å². The maximum absolute atomic E-state index is 11.4. The fourth-order valence-electron chi connectivity index (χ4n) is 0.394. The van der Waals surface area contributed by atoms with E-state index in [1.165, 1.54) is 0 Å². The molecule has 8 heavy (non-hydrogen) atoms. The predicted octanol–water partition coefficient (Wildman–Crippen LogP) is 1.41. The predicted molar refractivity (Wildman–Crippen MR) is 36.6 cm³/mol. The zero-order chi connectivity index (χ0) is 6.41. The molecule has 0 saturated heterocycles. The minimum atomic E-state index is -0.261. The molecular weight excluding hydrogens is 125 g/mol. The number of hydrogen-bond donors (Lipinski definition) is 1. The van der Waals surface area contributed by atoms with E-state index in [0.29, 0.717) is 17.8 Å². The second kappa shape index (κ2) is 4.97. The lowest BCUT2D eigenvalue weighted by atomic mass is 10.2. The summed E-state index contributed by atoms with van der Waals surface area (Å²) in [5.41, 5.74) is 5.14. The molecule has 0 aliphatic carbocycles. The van der Waals surface area contributed by atoms with Crippen LogP contribution >= 0.6 is 12.2 Å². The molecule has 0 radical (unpaired) electrons. The van der Waals surface area contributed by atoms with Crippen molar-refractivity contribution in [2.75, 3.05) is 6.67 Å². The Morgan fingerprint density at radius 2 is 2.12 bits per heavy atom. The second-order valence-corrected chi connectivity index (χ2v) is 2.14. The van der Waals surface area contributed by atoms with E-state index >= 15 is 0 Å². The highest BCUT2D eigenvalue weighted by atomic mass is 32.1. The van der Waals surface area contributed by atoms with Crippen LogP contribution in [0.5, 0.6) is 0 Å². The van der Waals surface area contributed by atoms with Crippen LogP contribution in [0.4, 0.5) is 4.39 Å². The summed E-state index contributed by atoms with van der Waals surface area (Å²) in [6.07, 6.45) is 2.04. The van der Waals surface area contributed by atoms with Gasteiger partial charge in [0, 0.05) is 0 Å². The average molecular weight is 135 g/mol. The van der Waals surface area contributed by atoms with Gasteiger partial charge in [-0.3, -0.25) is 4.39 Å². The van der Waals surface area contributed by atoms with Gasteiger partial charge in [-0.25, -0.2) is 0 Å². The molecule has 0 bridgehead atoms. The Morgan fingerprint density at radius 3 is 2.50 bits per heavy atom. The monoisotopic (exact) mass is 135 g/mol. The molecule has 0 atom stereocenters. The lowest BCUT2D eigenvalue weighted by Gasteiger charge is -1.92. The Labute approximate surface area is 54.1 Å². The molecule has 0 rings (SSSR count). The average Bonchev–Trinajstić information content (AvgIpc) is 1.66. The standard InChI is InChI=1S/C5H10FNS/c6-4-2-1-3-5(7)8/h1-4H2,(H2,7,8). The normalized spacial score (nSPS) is 9.12. The van der Waals surface area contributed by atoms with E-state index in [9.17, 15) is 4.39 Å². The smallest absolute Gasteiger partial charge is 0.0894 e. The van der Waals surface area contributed by atoms with Gasteiger partial charge in [-0.2, -0.15) is 0 Å². The van der Waals surface area contributed by atoms with E-state index in [1.807, 2.05) is 0 Å². The molecule has 0 spiro atoms. The van der Waals surface area contributed by atoms with Crippen molar-refractivity contribution < 1.29 is 4.39 Å². The summed E-state index contributed by atoms with van der Waals surface area (Å²) in [5.74, 6) is 0. The molecule has 0 aromatic carbocycles. The van der Waals surface area contributed by atoms with Gasteiger partial charge in [-0.15, -0.1) is 0 Å². The number of nitrogens with two attached hydrogens (primary N) is 1. The van der Waals surface area contributed by atoms with Crippen LogP contribution in [0.15, 0.2) is 0 Å². The zero-order valence-electron chi connectivity index (χ0n) is 4.69. The van der Waals surface area contributed by atoms with Crippen molar-refractivity contribution in [2.24, 2.45) is 5.73 Å². The molecule has 2 N–H and O–H groups in total. The summed E-state index contributed by atoms with van der Waals surface area (Å²) < 4.78 is 11.4. The Balaban J connectivity index is 2.82. The van der Waals surface area contributed by atoms with Crippen molar-refractivity contribution in [3.63, 3.8) is 0 Å². The third-order valence-corrected chi connectivity index (χ3v) is 1.01. The first-order valence-electron chi connectivity index (χ1n) is 2.61. The fourth-order valence-corrected chi connectivity index (χ4v) is 0.538. The van der Waals surface area contributed by atoms with Crippen LogP contribution < -0.4 is 5.73 Å². The SMILES string of the molecule is NC(=S)CCCCF.